The van der Waals surface area contributed by atoms with Crippen LogP contribution < -0.4 is 4.74 Å². The van der Waals surface area contributed by atoms with Crippen LogP contribution in [0.2, 0.25) is 0 Å². The molecule has 0 saturated heterocycles. The van der Waals surface area contributed by atoms with Crippen LogP contribution in [0.25, 0.3) is 0 Å². The molecule has 0 radical (unpaired) electrons. The second-order valence-electron chi connectivity index (χ2n) is 7.52. The highest BCUT2D eigenvalue weighted by Crippen LogP contribution is 2.34. The Balaban J connectivity index is 1.70. The molecule has 1 saturated carbocycles. The Morgan fingerprint density at radius 1 is 0.958 bits per heavy atom. The van der Waals surface area contributed by atoms with E-state index >= 15 is 0 Å². The Morgan fingerprint density at radius 3 is 2.29 bits per heavy atom. The minimum atomic E-state index is -0.100. The molecule has 1 aromatic rings. The fourth-order valence-electron chi connectivity index (χ4n) is 3.89. The van der Waals surface area contributed by atoms with Crippen molar-refractivity contribution in [1.82, 2.24) is 0 Å². The summed E-state index contributed by atoms with van der Waals surface area (Å²) in [7, 11) is 0. The van der Waals surface area contributed by atoms with Crippen molar-refractivity contribution in [2.24, 2.45) is 11.8 Å². The van der Waals surface area contributed by atoms with Crippen molar-refractivity contribution in [3.63, 3.8) is 0 Å². The minimum Gasteiger partial charge on any atom is -0.494 e. The zero-order valence-corrected chi connectivity index (χ0v) is 15.7. The zero-order valence-electron chi connectivity index (χ0n) is 15.7. The molecule has 1 aliphatic carbocycles. The summed E-state index contributed by atoms with van der Waals surface area (Å²) in [5, 5.41) is 0. The van der Waals surface area contributed by atoms with E-state index in [0.29, 0.717) is 12.4 Å². The predicted octanol–water partition coefficient (Wildman–Crippen LogP) is 6.93. The third-order valence-electron chi connectivity index (χ3n) is 5.50. The maximum Gasteiger partial charge on any atom is 0.130 e. The van der Waals surface area contributed by atoms with E-state index in [-0.39, 0.29) is 5.82 Å². The topological polar surface area (TPSA) is 9.23 Å². The second kappa shape index (κ2) is 10.7. The average molecular weight is 335 g/mol. The zero-order chi connectivity index (χ0) is 17.2. The van der Waals surface area contributed by atoms with Gasteiger partial charge in [-0.05, 0) is 42.7 Å². The maximum atomic E-state index is 14.2. The lowest BCUT2D eigenvalue weighted by molar-refractivity contribution is 0.248. The van der Waals surface area contributed by atoms with Crippen LogP contribution in [0.1, 0.15) is 83.6 Å². The van der Waals surface area contributed by atoms with Crippen molar-refractivity contribution in [1.29, 1.82) is 0 Å². The van der Waals surface area contributed by atoms with Crippen LogP contribution in [0.15, 0.2) is 18.2 Å². The van der Waals surface area contributed by atoms with Crippen LogP contribution in [-0.2, 0) is 6.42 Å². The number of hydrogen-bond donors (Lipinski definition) is 0. The minimum absolute atomic E-state index is 0.100. The van der Waals surface area contributed by atoms with Gasteiger partial charge in [0.25, 0.3) is 0 Å². The first-order valence-corrected chi connectivity index (χ1v) is 10.1. The summed E-state index contributed by atoms with van der Waals surface area (Å²) in [4.78, 5) is 0. The number of aryl methyl sites for hydroxylation is 1. The first-order chi connectivity index (χ1) is 11.7. The van der Waals surface area contributed by atoms with Gasteiger partial charge in [-0.2, -0.15) is 0 Å². The summed E-state index contributed by atoms with van der Waals surface area (Å²) >= 11 is 0. The monoisotopic (exact) mass is 334 g/mol. The van der Waals surface area contributed by atoms with E-state index in [1.807, 2.05) is 12.1 Å². The van der Waals surface area contributed by atoms with Gasteiger partial charge in [0.15, 0.2) is 0 Å². The van der Waals surface area contributed by atoms with E-state index in [0.717, 1.165) is 36.7 Å². The fraction of sp³-hybridized carbons (Fsp3) is 0.727. The summed E-state index contributed by atoms with van der Waals surface area (Å²) in [6.45, 7) is 4.99. The summed E-state index contributed by atoms with van der Waals surface area (Å²) in [6.07, 6.45) is 14.0. The SMILES string of the molecule is CCCCC[C@H]1CC[C@H](CCc2ccc(OCCC)cc2F)CC1. The number of ether oxygens (including phenoxy) is 1. The number of hydrogen-bond acceptors (Lipinski definition) is 1. The van der Waals surface area contributed by atoms with Gasteiger partial charge < -0.3 is 4.74 Å². The first-order valence-electron chi connectivity index (χ1n) is 10.1. The van der Waals surface area contributed by atoms with E-state index in [2.05, 4.69) is 13.8 Å². The Bertz CT molecular complexity index is 463. The third-order valence-corrected chi connectivity index (χ3v) is 5.50. The molecule has 1 nitrogen and oxygen atoms in total. The normalized spacial score (nSPS) is 21.0. The van der Waals surface area contributed by atoms with Gasteiger partial charge in [-0.15, -0.1) is 0 Å². The molecule has 0 unspecified atom stereocenters. The number of unbranched alkanes of at least 4 members (excludes halogenated alkanes) is 2. The van der Waals surface area contributed by atoms with Gasteiger partial charge in [-0.1, -0.05) is 71.3 Å². The van der Waals surface area contributed by atoms with Gasteiger partial charge in [-0.3, -0.25) is 0 Å². The molecule has 0 heterocycles. The molecule has 0 atom stereocenters. The molecule has 0 bridgehead atoms. The molecule has 24 heavy (non-hydrogen) atoms. The summed E-state index contributed by atoms with van der Waals surface area (Å²) in [5.74, 6) is 2.31. The molecular formula is C22H35FO. The Hall–Kier alpha value is -1.05. The molecule has 0 spiro atoms. The molecule has 2 heteroatoms. The molecule has 136 valence electrons. The van der Waals surface area contributed by atoms with Crippen LogP contribution >= 0.6 is 0 Å². The Kier molecular flexibility index (Phi) is 8.63. The van der Waals surface area contributed by atoms with Crippen molar-refractivity contribution in [3.05, 3.63) is 29.6 Å². The van der Waals surface area contributed by atoms with E-state index < -0.39 is 0 Å². The van der Waals surface area contributed by atoms with E-state index in [1.54, 1.807) is 6.07 Å². The molecule has 0 aromatic heterocycles. The number of halogens is 1. The second-order valence-corrected chi connectivity index (χ2v) is 7.52. The van der Waals surface area contributed by atoms with Gasteiger partial charge in [0.05, 0.1) is 6.61 Å². The largest absolute Gasteiger partial charge is 0.494 e. The fourth-order valence-corrected chi connectivity index (χ4v) is 3.89. The van der Waals surface area contributed by atoms with Gasteiger partial charge in [0.1, 0.15) is 11.6 Å². The molecule has 2 rings (SSSR count). The summed E-state index contributed by atoms with van der Waals surface area (Å²) in [5.41, 5.74) is 0.851. The van der Waals surface area contributed by atoms with E-state index in [9.17, 15) is 4.39 Å². The van der Waals surface area contributed by atoms with Gasteiger partial charge >= 0.3 is 0 Å². The van der Waals surface area contributed by atoms with Gasteiger partial charge in [0.2, 0.25) is 0 Å². The summed E-state index contributed by atoms with van der Waals surface area (Å²) in [6, 6.07) is 5.38. The molecule has 0 amide bonds. The van der Waals surface area contributed by atoms with Crippen LogP contribution in [0.4, 0.5) is 4.39 Å². The maximum absolute atomic E-state index is 14.2. The highest BCUT2D eigenvalue weighted by molar-refractivity contribution is 5.29. The highest BCUT2D eigenvalue weighted by atomic mass is 19.1. The highest BCUT2D eigenvalue weighted by Gasteiger charge is 2.21. The number of rotatable bonds is 10. The van der Waals surface area contributed by atoms with E-state index in [4.69, 9.17) is 4.74 Å². The van der Waals surface area contributed by atoms with Gasteiger partial charge in [0, 0.05) is 6.07 Å². The Labute approximate surface area is 148 Å². The van der Waals surface area contributed by atoms with Crippen molar-refractivity contribution < 1.29 is 9.13 Å². The first kappa shape index (κ1) is 19.3. The third kappa shape index (κ3) is 6.45. The molecule has 1 aliphatic rings. The molecule has 1 aromatic carbocycles. The van der Waals surface area contributed by atoms with Crippen LogP contribution in [0.3, 0.4) is 0 Å². The van der Waals surface area contributed by atoms with Crippen LogP contribution in [0, 0.1) is 17.7 Å². The van der Waals surface area contributed by atoms with Crippen molar-refractivity contribution >= 4 is 0 Å². The smallest absolute Gasteiger partial charge is 0.130 e. The lowest BCUT2D eigenvalue weighted by Crippen LogP contribution is -2.15. The molecule has 0 aliphatic heterocycles. The quantitative estimate of drug-likeness (QED) is 0.421. The average Bonchev–Trinajstić information content (AvgIpc) is 2.60. The lowest BCUT2D eigenvalue weighted by Gasteiger charge is -2.28. The Morgan fingerprint density at radius 2 is 1.67 bits per heavy atom. The lowest BCUT2D eigenvalue weighted by atomic mass is 9.78. The standard InChI is InChI=1S/C22H35FO/c1-3-5-6-7-18-8-10-19(11-9-18)12-13-20-14-15-21(17-22(20)23)24-16-4-2/h14-15,17-19H,3-13,16H2,1-2H3/t18-,19-. The molecule has 0 N–H and O–H groups in total. The van der Waals surface area contributed by atoms with Crippen molar-refractivity contribution in [3.8, 4) is 5.75 Å². The predicted molar refractivity (Wildman–Crippen MR) is 100 cm³/mol. The van der Waals surface area contributed by atoms with E-state index in [1.165, 1.54) is 51.4 Å². The van der Waals surface area contributed by atoms with Crippen molar-refractivity contribution in [2.45, 2.75) is 84.5 Å². The van der Waals surface area contributed by atoms with Gasteiger partial charge in [-0.25, -0.2) is 4.39 Å². The summed E-state index contributed by atoms with van der Waals surface area (Å²) < 4.78 is 19.7. The molecular weight excluding hydrogens is 299 g/mol. The molecule has 1 fully saturated rings. The van der Waals surface area contributed by atoms with Crippen LogP contribution in [-0.4, -0.2) is 6.61 Å². The van der Waals surface area contributed by atoms with Crippen molar-refractivity contribution in [2.75, 3.05) is 6.61 Å². The number of benzene rings is 1. The van der Waals surface area contributed by atoms with Crippen LogP contribution in [0.5, 0.6) is 5.75 Å².